The van der Waals surface area contributed by atoms with Crippen LogP contribution in [0.15, 0.2) is 47.1 Å². The number of nitrogens with zero attached hydrogens (tertiary/aromatic N) is 1. The second-order valence-electron chi connectivity index (χ2n) is 4.21. The minimum Gasteiger partial charge on any atom is -0.268 e. The van der Waals surface area contributed by atoms with Crippen molar-refractivity contribution in [2.45, 2.75) is 12.8 Å². The molecule has 1 heterocycles. The summed E-state index contributed by atoms with van der Waals surface area (Å²) in [6.45, 7) is 2.16. The molecule has 2 atom stereocenters. The van der Waals surface area contributed by atoms with Crippen molar-refractivity contribution in [3.63, 3.8) is 0 Å². The third-order valence-electron chi connectivity index (χ3n) is 3.28. The van der Waals surface area contributed by atoms with E-state index < -0.39 is 0 Å². The molecular formula is C14H13N. The molecule has 2 aliphatic rings. The zero-order valence-electron chi connectivity index (χ0n) is 8.72. The number of aliphatic imine (C=N–C) groups is 1. The van der Waals surface area contributed by atoms with Crippen LogP contribution in [-0.2, 0) is 0 Å². The van der Waals surface area contributed by atoms with Crippen LogP contribution in [0.4, 0.5) is 0 Å². The molecule has 0 saturated heterocycles. The zero-order valence-corrected chi connectivity index (χ0v) is 8.72. The zero-order chi connectivity index (χ0) is 10.3. The summed E-state index contributed by atoms with van der Waals surface area (Å²) in [6.07, 6.45) is 8.57. The van der Waals surface area contributed by atoms with Crippen LogP contribution in [0.1, 0.15) is 24.0 Å². The molecule has 0 N–H and O–H groups in total. The Morgan fingerprint density at radius 1 is 1.13 bits per heavy atom. The Morgan fingerprint density at radius 2 is 2.00 bits per heavy atom. The molecule has 1 heteroatoms. The lowest BCUT2D eigenvalue weighted by molar-refractivity contribution is 0.688. The van der Waals surface area contributed by atoms with Crippen molar-refractivity contribution >= 4 is 12.3 Å². The van der Waals surface area contributed by atoms with Crippen LogP contribution in [0.3, 0.4) is 0 Å². The molecule has 0 fully saturated rings. The predicted octanol–water partition coefficient (Wildman–Crippen LogP) is 3.40. The highest BCUT2D eigenvalue weighted by Crippen LogP contribution is 2.38. The van der Waals surface area contributed by atoms with Crippen LogP contribution >= 0.6 is 0 Å². The third kappa shape index (κ3) is 1.27. The van der Waals surface area contributed by atoms with Gasteiger partial charge in [0.25, 0.3) is 0 Å². The van der Waals surface area contributed by atoms with Crippen molar-refractivity contribution in [3.8, 4) is 0 Å². The summed E-state index contributed by atoms with van der Waals surface area (Å²) in [5.41, 5.74) is 4.09. The van der Waals surface area contributed by atoms with Gasteiger partial charge in [-0.3, -0.25) is 4.99 Å². The first-order valence-electron chi connectivity index (χ1n) is 5.33. The topological polar surface area (TPSA) is 12.4 Å². The molecule has 1 aromatic rings. The Hall–Kier alpha value is -1.63. The lowest BCUT2D eigenvalue weighted by Gasteiger charge is -2.29. The van der Waals surface area contributed by atoms with E-state index in [0.29, 0.717) is 11.8 Å². The number of rotatable bonds is 0. The minimum absolute atomic E-state index is 0.441. The van der Waals surface area contributed by atoms with Crippen LogP contribution in [0.5, 0.6) is 0 Å². The average Bonchev–Trinajstić information content (AvgIpc) is 2.29. The fourth-order valence-electron chi connectivity index (χ4n) is 2.43. The summed E-state index contributed by atoms with van der Waals surface area (Å²) >= 11 is 0. The van der Waals surface area contributed by atoms with Gasteiger partial charge in [-0.1, -0.05) is 36.4 Å². The second-order valence-corrected chi connectivity index (χ2v) is 4.21. The molecule has 0 amide bonds. The highest BCUT2D eigenvalue weighted by molar-refractivity contribution is 5.77. The third-order valence-corrected chi connectivity index (χ3v) is 3.28. The van der Waals surface area contributed by atoms with Gasteiger partial charge in [0.1, 0.15) is 0 Å². The van der Waals surface area contributed by atoms with Crippen molar-refractivity contribution in [1.82, 2.24) is 0 Å². The Labute approximate surface area is 89.9 Å². The van der Waals surface area contributed by atoms with E-state index in [0.717, 1.165) is 0 Å². The van der Waals surface area contributed by atoms with Gasteiger partial charge in [0.05, 0.1) is 0 Å². The Morgan fingerprint density at radius 3 is 2.93 bits per heavy atom. The highest BCUT2D eigenvalue weighted by atomic mass is 14.7. The Balaban J connectivity index is 2.15. The van der Waals surface area contributed by atoms with E-state index in [1.807, 2.05) is 6.20 Å². The second kappa shape index (κ2) is 3.20. The SMILES string of the molecule is CC1=CN=CC2c3ccccc3C=CC12. The number of hydrogen-bond acceptors (Lipinski definition) is 1. The van der Waals surface area contributed by atoms with Gasteiger partial charge in [0.2, 0.25) is 0 Å². The molecule has 0 bridgehead atoms. The van der Waals surface area contributed by atoms with Crippen molar-refractivity contribution in [1.29, 1.82) is 0 Å². The van der Waals surface area contributed by atoms with E-state index in [9.17, 15) is 0 Å². The molecule has 0 saturated carbocycles. The van der Waals surface area contributed by atoms with Crippen molar-refractivity contribution < 1.29 is 0 Å². The highest BCUT2D eigenvalue weighted by Gasteiger charge is 2.27. The van der Waals surface area contributed by atoms with Crippen LogP contribution in [0, 0.1) is 5.92 Å². The largest absolute Gasteiger partial charge is 0.268 e. The molecule has 74 valence electrons. The molecule has 15 heavy (non-hydrogen) atoms. The fraction of sp³-hybridized carbons (Fsp3) is 0.214. The van der Waals surface area contributed by atoms with E-state index in [-0.39, 0.29) is 0 Å². The standard InChI is InChI=1S/C14H13N/c1-10-8-15-9-14-12(10)7-6-11-4-2-3-5-13(11)14/h2-9,12,14H,1H3. The smallest absolute Gasteiger partial charge is 0.0300 e. The van der Waals surface area contributed by atoms with Gasteiger partial charge in [-0.2, -0.15) is 0 Å². The van der Waals surface area contributed by atoms with Gasteiger partial charge in [-0.25, -0.2) is 0 Å². The van der Waals surface area contributed by atoms with Gasteiger partial charge in [0, 0.05) is 24.3 Å². The van der Waals surface area contributed by atoms with E-state index in [4.69, 9.17) is 0 Å². The van der Waals surface area contributed by atoms with Crippen molar-refractivity contribution in [3.05, 3.63) is 53.2 Å². The molecule has 1 aliphatic carbocycles. The van der Waals surface area contributed by atoms with E-state index in [1.54, 1.807) is 0 Å². The predicted molar refractivity (Wildman–Crippen MR) is 64.0 cm³/mol. The van der Waals surface area contributed by atoms with E-state index >= 15 is 0 Å². The summed E-state index contributed by atoms with van der Waals surface area (Å²) in [7, 11) is 0. The lowest BCUT2D eigenvalue weighted by atomic mass is 9.76. The molecule has 3 rings (SSSR count). The molecule has 0 aromatic heterocycles. The summed E-state index contributed by atoms with van der Waals surface area (Å²) in [4.78, 5) is 4.32. The molecule has 0 spiro atoms. The van der Waals surface area contributed by atoms with Crippen molar-refractivity contribution in [2.24, 2.45) is 10.9 Å². The normalized spacial score (nSPS) is 26.9. The first kappa shape index (κ1) is 8.66. The number of benzene rings is 1. The molecule has 1 aromatic carbocycles. The number of allylic oxidation sites excluding steroid dienone is 2. The quantitative estimate of drug-likeness (QED) is 0.601. The Kier molecular flexibility index (Phi) is 1.84. The van der Waals surface area contributed by atoms with Crippen LogP contribution in [0.2, 0.25) is 0 Å². The maximum Gasteiger partial charge on any atom is 0.0300 e. The summed E-state index contributed by atoms with van der Waals surface area (Å²) in [5.74, 6) is 0.952. The number of fused-ring (bicyclic) bond motifs is 3. The minimum atomic E-state index is 0.441. The van der Waals surface area contributed by atoms with Gasteiger partial charge in [-0.05, 0) is 23.6 Å². The van der Waals surface area contributed by atoms with Crippen LogP contribution in [-0.4, -0.2) is 6.21 Å². The maximum atomic E-state index is 4.32. The monoisotopic (exact) mass is 195 g/mol. The summed E-state index contributed by atoms with van der Waals surface area (Å²) in [5, 5.41) is 0. The van der Waals surface area contributed by atoms with Crippen LogP contribution in [0.25, 0.3) is 6.08 Å². The van der Waals surface area contributed by atoms with Gasteiger partial charge >= 0.3 is 0 Å². The average molecular weight is 195 g/mol. The molecule has 1 nitrogen and oxygen atoms in total. The fourth-order valence-corrected chi connectivity index (χ4v) is 2.43. The van der Waals surface area contributed by atoms with Gasteiger partial charge in [-0.15, -0.1) is 0 Å². The molecule has 1 aliphatic heterocycles. The molecule has 0 radical (unpaired) electrons. The Bertz CT molecular complexity index is 480. The van der Waals surface area contributed by atoms with Crippen molar-refractivity contribution in [2.75, 3.05) is 0 Å². The van der Waals surface area contributed by atoms with Gasteiger partial charge in [0.15, 0.2) is 0 Å². The first-order chi connectivity index (χ1) is 7.36. The van der Waals surface area contributed by atoms with Crippen LogP contribution < -0.4 is 0 Å². The molecular weight excluding hydrogens is 182 g/mol. The first-order valence-corrected chi connectivity index (χ1v) is 5.33. The summed E-state index contributed by atoms with van der Waals surface area (Å²) in [6, 6.07) is 8.58. The van der Waals surface area contributed by atoms with E-state index in [2.05, 4.69) is 54.5 Å². The molecule has 2 unspecified atom stereocenters. The summed E-state index contributed by atoms with van der Waals surface area (Å²) < 4.78 is 0. The maximum absolute atomic E-state index is 4.32. The van der Waals surface area contributed by atoms with Gasteiger partial charge < -0.3 is 0 Å². The lowest BCUT2D eigenvalue weighted by Crippen LogP contribution is -2.19. The van der Waals surface area contributed by atoms with E-state index in [1.165, 1.54) is 16.7 Å². The number of hydrogen-bond donors (Lipinski definition) is 0.